The molecule has 0 aliphatic carbocycles. The maximum atomic E-state index is 9.95. The van der Waals surface area contributed by atoms with Gasteiger partial charge in [0.2, 0.25) is 0 Å². The minimum absolute atomic E-state index is 0.295. The third-order valence-corrected chi connectivity index (χ3v) is 3.19. The molecule has 0 bridgehead atoms. The number of aliphatic hydroxyl groups is 1. The van der Waals surface area contributed by atoms with Crippen LogP contribution in [0.15, 0.2) is 30.3 Å². The van der Waals surface area contributed by atoms with Gasteiger partial charge in [-0.05, 0) is 5.56 Å². The van der Waals surface area contributed by atoms with E-state index in [-0.39, 0.29) is 6.10 Å². The van der Waals surface area contributed by atoms with Crippen LogP contribution in [0.4, 0.5) is 0 Å². The molecule has 20 heavy (non-hydrogen) atoms. The number of nitrogens with zero attached hydrogens (tertiary/aromatic N) is 2. The van der Waals surface area contributed by atoms with Crippen LogP contribution < -0.4 is 0 Å². The molecule has 2 atom stereocenters. The Morgan fingerprint density at radius 3 is 3.00 bits per heavy atom. The summed E-state index contributed by atoms with van der Waals surface area (Å²) in [5, 5.41) is 18.8. The van der Waals surface area contributed by atoms with Crippen molar-refractivity contribution in [3.8, 4) is 6.07 Å². The third-order valence-electron chi connectivity index (χ3n) is 3.19. The fraction of sp³-hybridized carbons (Fsp3) is 0.533. The van der Waals surface area contributed by atoms with Gasteiger partial charge in [0.15, 0.2) is 6.10 Å². The molecule has 1 aliphatic heterocycles. The first-order valence-electron chi connectivity index (χ1n) is 6.81. The summed E-state index contributed by atoms with van der Waals surface area (Å²) < 4.78 is 10.8. The van der Waals surface area contributed by atoms with Crippen LogP contribution in [0.5, 0.6) is 0 Å². The Morgan fingerprint density at radius 2 is 2.25 bits per heavy atom. The summed E-state index contributed by atoms with van der Waals surface area (Å²) in [6.45, 7) is 3.14. The molecule has 1 aromatic carbocycles. The summed E-state index contributed by atoms with van der Waals surface area (Å²) in [6, 6.07) is 12.0. The lowest BCUT2D eigenvalue weighted by molar-refractivity contribution is -0.0345. The van der Waals surface area contributed by atoms with Crippen molar-refractivity contribution in [1.29, 1.82) is 5.26 Å². The number of nitriles is 1. The summed E-state index contributed by atoms with van der Waals surface area (Å²) in [4.78, 5) is 2.04. The fourth-order valence-corrected chi connectivity index (χ4v) is 2.18. The van der Waals surface area contributed by atoms with Gasteiger partial charge in [0, 0.05) is 19.6 Å². The number of hydrogen-bond donors (Lipinski definition) is 1. The molecule has 2 unspecified atom stereocenters. The molecule has 0 aromatic heterocycles. The zero-order valence-electron chi connectivity index (χ0n) is 11.4. The molecule has 0 amide bonds. The molecule has 1 aliphatic rings. The van der Waals surface area contributed by atoms with Crippen LogP contribution in [0.2, 0.25) is 0 Å². The van der Waals surface area contributed by atoms with Crippen LogP contribution in [-0.2, 0) is 16.1 Å². The minimum Gasteiger partial charge on any atom is -0.389 e. The Bertz CT molecular complexity index is 432. The summed E-state index contributed by atoms with van der Waals surface area (Å²) >= 11 is 0. The van der Waals surface area contributed by atoms with Crippen molar-refractivity contribution >= 4 is 0 Å². The first-order valence-corrected chi connectivity index (χ1v) is 6.81. The second kappa shape index (κ2) is 7.98. The van der Waals surface area contributed by atoms with Crippen LogP contribution >= 0.6 is 0 Å². The second-order valence-electron chi connectivity index (χ2n) is 4.90. The molecule has 108 valence electrons. The molecule has 0 saturated carbocycles. The normalized spacial score (nSPS) is 21.3. The van der Waals surface area contributed by atoms with E-state index in [4.69, 9.17) is 14.7 Å². The quantitative estimate of drug-likeness (QED) is 0.832. The number of β-amino-alcohol motifs (C(OH)–C–C–N with tert-alkyl or cyclic N) is 1. The molecule has 5 nitrogen and oxygen atoms in total. The monoisotopic (exact) mass is 276 g/mol. The lowest BCUT2D eigenvalue weighted by Gasteiger charge is -2.31. The Morgan fingerprint density at radius 1 is 1.45 bits per heavy atom. The van der Waals surface area contributed by atoms with Crippen LogP contribution in [0.3, 0.4) is 0 Å². The molecule has 1 saturated heterocycles. The molecular weight excluding hydrogens is 256 g/mol. The number of morpholine rings is 1. The maximum Gasteiger partial charge on any atom is 0.156 e. The molecule has 5 heteroatoms. The number of ether oxygens (including phenoxy) is 2. The van der Waals surface area contributed by atoms with Gasteiger partial charge in [-0.3, -0.25) is 4.90 Å². The van der Waals surface area contributed by atoms with Crippen molar-refractivity contribution < 1.29 is 14.6 Å². The third kappa shape index (κ3) is 4.91. The van der Waals surface area contributed by atoms with Crippen LogP contribution in [0.1, 0.15) is 5.56 Å². The first-order chi connectivity index (χ1) is 9.78. The van der Waals surface area contributed by atoms with Crippen LogP contribution in [0, 0.1) is 11.3 Å². The Balaban J connectivity index is 1.65. The molecule has 1 fully saturated rings. The van der Waals surface area contributed by atoms with Gasteiger partial charge in [0.05, 0.1) is 32.0 Å². The highest BCUT2D eigenvalue weighted by Crippen LogP contribution is 2.06. The van der Waals surface area contributed by atoms with E-state index >= 15 is 0 Å². The van der Waals surface area contributed by atoms with Gasteiger partial charge in [-0.1, -0.05) is 30.3 Å². The lowest BCUT2D eigenvalue weighted by Crippen LogP contribution is -2.45. The Kier molecular flexibility index (Phi) is 5.96. The van der Waals surface area contributed by atoms with Crippen molar-refractivity contribution in [3.05, 3.63) is 35.9 Å². The van der Waals surface area contributed by atoms with E-state index < -0.39 is 6.10 Å². The standard InChI is InChI=1S/C15H20N2O3/c16-8-15-10-17(6-7-20-15)9-14(18)12-19-11-13-4-2-1-3-5-13/h1-5,14-15,18H,6-7,9-12H2. The fourth-order valence-electron chi connectivity index (χ4n) is 2.18. The lowest BCUT2D eigenvalue weighted by atomic mass is 10.2. The van der Waals surface area contributed by atoms with Gasteiger partial charge in [-0.15, -0.1) is 0 Å². The van der Waals surface area contributed by atoms with Gasteiger partial charge < -0.3 is 14.6 Å². The van der Waals surface area contributed by atoms with E-state index in [2.05, 4.69) is 6.07 Å². The van der Waals surface area contributed by atoms with Crippen molar-refractivity contribution in [2.45, 2.75) is 18.8 Å². The van der Waals surface area contributed by atoms with Crippen molar-refractivity contribution in [1.82, 2.24) is 4.90 Å². The zero-order valence-corrected chi connectivity index (χ0v) is 11.4. The summed E-state index contributed by atoms with van der Waals surface area (Å²) in [6.07, 6.45) is -0.933. The van der Waals surface area contributed by atoms with Gasteiger partial charge in [0.25, 0.3) is 0 Å². The maximum absolute atomic E-state index is 9.95. The topological polar surface area (TPSA) is 65.7 Å². The molecule has 1 N–H and O–H groups in total. The van der Waals surface area contributed by atoms with Crippen molar-refractivity contribution in [2.75, 3.05) is 32.8 Å². The molecular formula is C15H20N2O3. The Labute approximate surface area is 119 Å². The number of aliphatic hydroxyl groups excluding tert-OH is 1. The number of rotatable bonds is 6. The van der Waals surface area contributed by atoms with E-state index in [0.717, 1.165) is 12.1 Å². The van der Waals surface area contributed by atoms with Gasteiger partial charge in [-0.25, -0.2) is 0 Å². The minimum atomic E-state index is -0.545. The zero-order chi connectivity index (χ0) is 14.2. The van der Waals surface area contributed by atoms with E-state index in [0.29, 0.717) is 32.9 Å². The summed E-state index contributed by atoms with van der Waals surface area (Å²) in [7, 11) is 0. The largest absolute Gasteiger partial charge is 0.389 e. The summed E-state index contributed by atoms with van der Waals surface area (Å²) in [5.74, 6) is 0. The van der Waals surface area contributed by atoms with Gasteiger partial charge in [-0.2, -0.15) is 5.26 Å². The average molecular weight is 276 g/mol. The van der Waals surface area contributed by atoms with Crippen LogP contribution in [-0.4, -0.2) is 55.1 Å². The predicted molar refractivity (Wildman–Crippen MR) is 73.9 cm³/mol. The van der Waals surface area contributed by atoms with Crippen LogP contribution in [0.25, 0.3) is 0 Å². The average Bonchev–Trinajstić information content (AvgIpc) is 2.48. The van der Waals surface area contributed by atoms with E-state index in [1.165, 1.54) is 0 Å². The first kappa shape index (κ1) is 14.9. The molecule has 2 rings (SSSR count). The highest BCUT2D eigenvalue weighted by molar-refractivity contribution is 5.13. The highest BCUT2D eigenvalue weighted by Gasteiger charge is 2.21. The number of hydrogen-bond acceptors (Lipinski definition) is 5. The Hall–Kier alpha value is -1.45. The molecule has 1 heterocycles. The van der Waals surface area contributed by atoms with Crippen molar-refractivity contribution in [3.63, 3.8) is 0 Å². The van der Waals surface area contributed by atoms with E-state index in [1.54, 1.807) is 0 Å². The van der Waals surface area contributed by atoms with E-state index in [9.17, 15) is 5.11 Å². The predicted octanol–water partition coefficient (Wildman–Crippen LogP) is 0.788. The summed E-state index contributed by atoms with van der Waals surface area (Å²) in [5.41, 5.74) is 1.09. The second-order valence-corrected chi connectivity index (χ2v) is 4.90. The number of benzene rings is 1. The van der Waals surface area contributed by atoms with E-state index in [1.807, 2.05) is 35.2 Å². The van der Waals surface area contributed by atoms with Crippen molar-refractivity contribution in [2.24, 2.45) is 0 Å². The van der Waals surface area contributed by atoms with Gasteiger partial charge >= 0.3 is 0 Å². The molecule has 0 spiro atoms. The smallest absolute Gasteiger partial charge is 0.156 e. The van der Waals surface area contributed by atoms with Gasteiger partial charge in [0.1, 0.15) is 0 Å². The molecule has 0 radical (unpaired) electrons. The molecule has 1 aromatic rings. The highest BCUT2D eigenvalue weighted by atomic mass is 16.5. The SMILES string of the molecule is N#CC1CN(CC(O)COCc2ccccc2)CCO1.